The number of halogens is 1. The third kappa shape index (κ3) is 5.17. The molecule has 1 N–H and O–H groups in total. The molecule has 0 spiro atoms. The second-order valence-electron chi connectivity index (χ2n) is 4.74. The summed E-state index contributed by atoms with van der Waals surface area (Å²) in [4.78, 5) is 12.1. The van der Waals surface area contributed by atoms with Gasteiger partial charge in [0.25, 0.3) is 0 Å². The summed E-state index contributed by atoms with van der Waals surface area (Å²) in [7, 11) is 0. The van der Waals surface area contributed by atoms with Crippen LogP contribution in [0.5, 0.6) is 0 Å². The smallest absolute Gasteiger partial charge is 0.225 e. The average Bonchev–Trinajstić information content (AvgIpc) is 2.47. The number of nitrogens with one attached hydrogen (secondary N) is 1. The van der Waals surface area contributed by atoms with Gasteiger partial charge in [-0.25, -0.2) is 0 Å². The summed E-state index contributed by atoms with van der Waals surface area (Å²) in [5, 5.41) is 2.90. The summed E-state index contributed by atoms with van der Waals surface area (Å²) < 4.78 is 0. The number of carbonyl (C=O) groups excluding carboxylic acids is 1. The number of para-hydroxylation sites is 1. The minimum atomic E-state index is 0.0473. The molecule has 0 radical (unpaired) electrons. The maximum absolute atomic E-state index is 11.9. The van der Waals surface area contributed by atoms with Crippen molar-refractivity contribution in [2.45, 2.75) is 24.1 Å². The van der Waals surface area contributed by atoms with E-state index in [9.17, 15) is 4.79 Å². The molecule has 0 fully saturated rings. The van der Waals surface area contributed by atoms with E-state index in [4.69, 9.17) is 0 Å². The van der Waals surface area contributed by atoms with Gasteiger partial charge < -0.3 is 5.32 Å². The van der Waals surface area contributed by atoms with Gasteiger partial charge in [0.1, 0.15) is 0 Å². The van der Waals surface area contributed by atoms with Gasteiger partial charge in [0.15, 0.2) is 0 Å². The van der Waals surface area contributed by atoms with Crippen molar-refractivity contribution < 1.29 is 4.79 Å². The molecule has 1 atom stereocenters. The topological polar surface area (TPSA) is 29.1 Å². The Bertz CT molecular complexity index is 527. The molecule has 2 nitrogen and oxygen atoms in total. The standard InChI is InChI=1S/C17H18BrNO/c18-15(12-11-14-7-3-1-4-8-14)13-17(20)19-16-9-5-2-6-10-16/h1-10,15H,11-13H2,(H,19,20). The summed E-state index contributed by atoms with van der Waals surface area (Å²) in [5.41, 5.74) is 2.15. The molecule has 2 rings (SSSR count). The van der Waals surface area contributed by atoms with Crippen molar-refractivity contribution in [3.8, 4) is 0 Å². The van der Waals surface area contributed by atoms with Crippen LogP contribution in [0.1, 0.15) is 18.4 Å². The number of amides is 1. The molecule has 0 heterocycles. The summed E-state index contributed by atoms with van der Waals surface area (Å²) >= 11 is 3.59. The van der Waals surface area contributed by atoms with Crippen LogP contribution in [0.3, 0.4) is 0 Å². The molecule has 20 heavy (non-hydrogen) atoms. The molecule has 3 heteroatoms. The second kappa shape index (κ2) is 7.85. The highest BCUT2D eigenvalue weighted by Gasteiger charge is 2.11. The monoisotopic (exact) mass is 331 g/mol. The van der Waals surface area contributed by atoms with Crippen molar-refractivity contribution >= 4 is 27.5 Å². The number of carbonyl (C=O) groups is 1. The molecule has 0 saturated heterocycles. The normalized spacial score (nSPS) is 11.8. The van der Waals surface area contributed by atoms with Gasteiger partial charge in [-0.3, -0.25) is 4.79 Å². The second-order valence-corrected chi connectivity index (χ2v) is 6.03. The molecule has 0 saturated carbocycles. The molecular formula is C17H18BrNO. The minimum Gasteiger partial charge on any atom is -0.326 e. The number of hydrogen-bond donors (Lipinski definition) is 1. The van der Waals surface area contributed by atoms with Crippen LogP contribution in [-0.4, -0.2) is 10.7 Å². The largest absolute Gasteiger partial charge is 0.326 e. The van der Waals surface area contributed by atoms with E-state index in [0.717, 1.165) is 18.5 Å². The van der Waals surface area contributed by atoms with Crippen LogP contribution in [0.4, 0.5) is 5.69 Å². The lowest BCUT2D eigenvalue weighted by atomic mass is 10.1. The molecule has 104 valence electrons. The molecule has 0 aliphatic rings. The summed E-state index contributed by atoms with van der Waals surface area (Å²) in [5.74, 6) is 0.0473. The number of anilines is 1. The zero-order valence-electron chi connectivity index (χ0n) is 11.3. The number of hydrogen-bond acceptors (Lipinski definition) is 1. The van der Waals surface area contributed by atoms with Crippen molar-refractivity contribution in [3.05, 3.63) is 66.2 Å². The maximum Gasteiger partial charge on any atom is 0.225 e. The number of rotatable bonds is 6. The quantitative estimate of drug-likeness (QED) is 0.780. The Morgan fingerprint density at radius 1 is 1.00 bits per heavy atom. The maximum atomic E-state index is 11.9. The summed E-state index contributed by atoms with van der Waals surface area (Å²) in [6.45, 7) is 0. The lowest BCUT2D eigenvalue weighted by Gasteiger charge is -2.10. The molecule has 2 aromatic rings. The minimum absolute atomic E-state index is 0.0473. The van der Waals surface area contributed by atoms with E-state index in [0.29, 0.717) is 6.42 Å². The highest BCUT2D eigenvalue weighted by atomic mass is 79.9. The van der Waals surface area contributed by atoms with E-state index in [1.807, 2.05) is 48.5 Å². The fraction of sp³-hybridized carbons (Fsp3) is 0.235. The van der Waals surface area contributed by atoms with Crippen LogP contribution in [0.15, 0.2) is 60.7 Å². The van der Waals surface area contributed by atoms with Crippen molar-refractivity contribution in [1.82, 2.24) is 0 Å². The first-order valence-corrected chi connectivity index (χ1v) is 7.68. The van der Waals surface area contributed by atoms with E-state index in [2.05, 4.69) is 33.4 Å². The van der Waals surface area contributed by atoms with Crippen molar-refractivity contribution in [3.63, 3.8) is 0 Å². The molecule has 2 aromatic carbocycles. The zero-order valence-corrected chi connectivity index (χ0v) is 12.8. The first-order chi connectivity index (χ1) is 9.74. The molecule has 0 aliphatic heterocycles. The Balaban J connectivity index is 1.74. The van der Waals surface area contributed by atoms with Gasteiger partial charge in [-0.1, -0.05) is 64.5 Å². The van der Waals surface area contributed by atoms with Gasteiger partial charge >= 0.3 is 0 Å². The summed E-state index contributed by atoms with van der Waals surface area (Å²) in [6.07, 6.45) is 2.42. The zero-order chi connectivity index (χ0) is 14.2. The van der Waals surface area contributed by atoms with Gasteiger partial charge in [0.05, 0.1) is 0 Å². The van der Waals surface area contributed by atoms with E-state index in [1.54, 1.807) is 0 Å². The lowest BCUT2D eigenvalue weighted by Crippen LogP contribution is -2.16. The highest BCUT2D eigenvalue weighted by molar-refractivity contribution is 9.09. The van der Waals surface area contributed by atoms with Gasteiger partial charge in [-0.15, -0.1) is 0 Å². The Kier molecular flexibility index (Phi) is 5.81. The first kappa shape index (κ1) is 14.8. The van der Waals surface area contributed by atoms with E-state index in [1.165, 1.54) is 5.56 Å². The van der Waals surface area contributed by atoms with Crippen LogP contribution < -0.4 is 5.32 Å². The molecule has 0 bridgehead atoms. The Hall–Kier alpha value is -1.61. The van der Waals surface area contributed by atoms with Crippen molar-refractivity contribution in [2.24, 2.45) is 0 Å². The SMILES string of the molecule is O=C(CC(Br)CCc1ccccc1)Nc1ccccc1. The Morgan fingerprint density at radius 2 is 1.60 bits per heavy atom. The Morgan fingerprint density at radius 3 is 2.25 bits per heavy atom. The van der Waals surface area contributed by atoms with E-state index < -0.39 is 0 Å². The number of benzene rings is 2. The highest BCUT2D eigenvalue weighted by Crippen LogP contribution is 2.15. The van der Waals surface area contributed by atoms with Crippen LogP contribution in [0, 0.1) is 0 Å². The molecule has 0 aliphatic carbocycles. The first-order valence-electron chi connectivity index (χ1n) is 6.77. The van der Waals surface area contributed by atoms with Gasteiger partial charge in [-0.2, -0.15) is 0 Å². The Labute approximate surface area is 128 Å². The van der Waals surface area contributed by atoms with Crippen LogP contribution in [0.25, 0.3) is 0 Å². The van der Waals surface area contributed by atoms with Crippen molar-refractivity contribution in [1.29, 1.82) is 0 Å². The predicted molar refractivity (Wildman–Crippen MR) is 87.2 cm³/mol. The average molecular weight is 332 g/mol. The third-order valence-corrected chi connectivity index (χ3v) is 3.84. The van der Waals surface area contributed by atoms with Crippen LogP contribution >= 0.6 is 15.9 Å². The molecular weight excluding hydrogens is 314 g/mol. The van der Waals surface area contributed by atoms with Crippen molar-refractivity contribution in [2.75, 3.05) is 5.32 Å². The molecule has 1 amide bonds. The van der Waals surface area contributed by atoms with E-state index >= 15 is 0 Å². The fourth-order valence-electron chi connectivity index (χ4n) is 2.00. The van der Waals surface area contributed by atoms with Gasteiger partial charge in [0.2, 0.25) is 5.91 Å². The van der Waals surface area contributed by atoms with Crippen LogP contribution in [0.2, 0.25) is 0 Å². The summed E-state index contributed by atoms with van der Waals surface area (Å²) in [6, 6.07) is 19.9. The van der Waals surface area contributed by atoms with Gasteiger partial charge in [0, 0.05) is 16.9 Å². The molecule has 0 aromatic heterocycles. The number of alkyl halides is 1. The fourth-order valence-corrected chi connectivity index (χ4v) is 2.53. The van der Waals surface area contributed by atoms with E-state index in [-0.39, 0.29) is 10.7 Å². The third-order valence-electron chi connectivity index (χ3n) is 3.05. The number of aryl methyl sites for hydroxylation is 1. The lowest BCUT2D eigenvalue weighted by molar-refractivity contribution is -0.116. The molecule has 1 unspecified atom stereocenters. The predicted octanol–water partition coefficient (Wildman–Crippen LogP) is 4.41. The van der Waals surface area contributed by atoms with Crippen LogP contribution in [-0.2, 0) is 11.2 Å². The van der Waals surface area contributed by atoms with Gasteiger partial charge in [-0.05, 0) is 30.5 Å².